The van der Waals surface area contributed by atoms with Crippen LogP contribution in [0.5, 0.6) is 0 Å². The minimum Gasteiger partial charge on any atom is -0.384 e. The second-order valence-electron chi connectivity index (χ2n) is 7.83. The molecule has 0 radical (unpaired) electrons. The monoisotopic (exact) mass is 411 g/mol. The maximum Gasteiger partial charge on any atom is 0.269 e. The van der Waals surface area contributed by atoms with Crippen LogP contribution < -0.4 is 11.3 Å². The van der Waals surface area contributed by atoms with Gasteiger partial charge in [-0.05, 0) is 42.7 Å². The van der Waals surface area contributed by atoms with E-state index < -0.39 is 0 Å². The molecule has 1 aliphatic rings. The Hall–Kier alpha value is -3.83. The van der Waals surface area contributed by atoms with Crippen molar-refractivity contribution in [2.24, 2.45) is 0 Å². The molecule has 0 spiro atoms. The summed E-state index contributed by atoms with van der Waals surface area (Å²) in [6, 6.07) is 12.0. The van der Waals surface area contributed by atoms with Crippen molar-refractivity contribution in [2.45, 2.75) is 18.9 Å². The molecule has 3 aromatic heterocycles. The SMILES string of the molecule is N#CCN1CCC(n2c(=O)cnc3cnc4ccc(-c5ccc(N)nc5)cc4c32)CC1. The van der Waals surface area contributed by atoms with Crippen LogP contribution in [0.1, 0.15) is 18.9 Å². The van der Waals surface area contributed by atoms with Gasteiger partial charge >= 0.3 is 0 Å². The number of nitrogens with zero attached hydrogens (tertiary/aromatic N) is 6. The first-order chi connectivity index (χ1) is 15.1. The second-order valence-corrected chi connectivity index (χ2v) is 7.83. The lowest BCUT2D eigenvalue weighted by molar-refractivity contribution is 0.205. The highest BCUT2D eigenvalue weighted by molar-refractivity contribution is 6.03. The highest BCUT2D eigenvalue weighted by atomic mass is 16.1. The van der Waals surface area contributed by atoms with Crippen LogP contribution in [0.2, 0.25) is 0 Å². The number of nitriles is 1. The maximum absolute atomic E-state index is 13.0. The standard InChI is InChI=1S/C23H21N7O/c24-7-10-29-8-5-17(6-9-29)30-22(31)14-27-20-13-26-19-3-1-15(11-18(19)23(20)30)16-2-4-21(25)28-12-16/h1-4,11-14,17H,5-6,8-10H2,(H2,25,28). The molecular formula is C23H21N7O. The van der Waals surface area contributed by atoms with Crippen molar-refractivity contribution in [3.05, 3.63) is 59.3 Å². The summed E-state index contributed by atoms with van der Waals surface area (Å²) in [6.07, 6.45) is 6.47. The third-order valence-corrected chi connectivity index (χ3v) is 5.95. The Labute approximate surface area is 178 Å². The largest absolute Gasteiger partial charge is 0.384 e. The van der Waals surface area contributed by atoms with Gasteiger partial charge in [0.1, 0.15) is 11.3 Å². The Balaban J connectivity index is 1.67. The Bertz CT molecular complexity index is 1360. The Kier molecular flexibility index (Phi) is 4.81. The lowest BCUT2D eigenvalue weighted by Crippen LogP contribution is -2.37. The van der Waals surface area contributed by atoms with Crippen LogP contribution in [0.4, 0.5) is 5.82 Å². The average molecular weight is 411 g/mol. The van der Waals surface area contributed by atoms with Gasteiger partial charge in [0, 0.05) is 36.3 Å². The van der Waals surface area contributed by atoms with Crippen molar-refractivity contribution in [2.75, 3.05) is 25.4 Å². The molecule has 8 heteroatoms. The summed E-state index contributed by atoms with van der Waals surface area (Å²) in [6.45, 7) is 2.00. The van der Waals surface area contributed by atoms with Crippen molar-refractivity contribution >= 4 is 27.8 Å². The van der Waals surface area contributed by atoms with Crippen LogP contribution in [0, 0.1) is 11.3 Å². The maximum atomic E-state index is 13.0. The van der Waals surface area contributed by atoms with E-state index in [0.717, 1.165) is 53.5 Å². The number of hydrogen-bond donors (Lipinski definition) is 1. The van der Waals surface area contributed by atoms with Crippen LogP contribution in [0.25, 0.3) is 33.1 Å². The van der Waals surface area contributed by atoms with E-state index in [0.29, 0.717) is 17.9 Å². The van der Waals surface area contributed by atoms with Crippen molar-refractivity contribution < 1.29 is 0 Å². The third-order valence-electron chi connectivity index (χ3n) is 5.95. The lowest BCUT2D eigenvalue weighted by Gasteiger charge is -2.32. The quantitative estimate of drug-likeness (QED) is 0.407. The Morgan fingerprint density at radius 2 is 1.77 bits per heavy atom. The number of hydrogen-bond acceptors (Lipinski definition) is 7. The molecule has 0 unspecified atom stereocenters. The third kappa shape index (κ3) is 3.49. The van der Waals surface area contributed by atoms with Gasteiger partial charge in [-0.1, -0.05) is 6.07 Å². The minimum absolute atomic E-state index is 0.0559. The molecule has 1 fully saturated rings. The number of nitrogens with two attached hydrogens (primary N) is 1. The topological polar surface area (TPSA) is 114 Å². The van der Waals surface area contributed by atoms with Crippen molar-refractivity contribution in [1.29, 1.82) is 5.26 Å². The molecular weight excluding hydrogens is 390 g/mol. The van der Waals surface area contributed by atoms with E-state index in [2.05, 4.69) is 25.9 Å². The van der Waals surface area contributed by atoms with Gasteiger partial charge in [0.2, 0.25) is 0 Å². The highest BCUT2D eigenvalue weighted by Gasteiger charge is 2.23. The summed E-state index contributed by atoms with van der Waals surface area (Å²) in [5, 5.41) is 9.85. The molecule has 1 aliphatic heterocycles. The molecule has 0 aliphatic carbocycles. The summed E-state index contributed by atoms with van der Waals surface area (Å²) in [4.78, 5) is 28.2. The minimum atomic E-state index is -0.113. The molecule has 0 atom stereocenters. The van der Waals surface area contributed by atoms with E-state index in [9.17, 15) is 4.79 Å². The van der Waals surface area contributed by atoms with Crippen molar-refractivity contribution in [3.63, 3.8) is 0 Å². The number of pyridine rings is 2. The Morgan fingerprint density at radius 1 is 1.00 bits per heavy atom. The molecule has 31 heavy (non-hydrogen) atoms. The van der Waals surface area contributed by atoms with Gasteiger partial charge < -0.3 is 10.3 Å². The molecule has 0 saturated carbocycles. The van der Waals surface area contributed by atoms with Crippen molar-refractivity contribution in [3.8, 4) is 17.2 Å². The van der Waals surface area contributed by atoms with Gasteiger partial charge in [-0.3, -0.25) is 14.7 Å². The fourth-order valence-corrected chi connectivity index (χ4v) is 4.37. The predicted molar refractivity (Wildman–Crippen MR) is 119 cm³/mol. The molecule has 5 rings (SSSR count). The number of nitrogen functional groups attached to an aromatic ring is 1. The van der Waals surface area contributed by atoms with Gasteiger partial charge in [0.15, 0.2) is 0 Å². The molecule has 0 bridgehead atoms. The van der Waals surface area contributed by atoms with Gasteiger partial charge in [0.25, 0.3) is 5.56 Å². The molecule has 1 saturated heterocycles. The van der Waals surface area contributed by atoms with Gasteiger partial charge in [-0.25, -0.2) is 9.97 Å². The predicted octanol–water partition coefficient (Wildman–Crippen LogP) is 2.75. The number of anilines is 1. The van der Waals surface area contributed by atoms with E-state index in [-0.39, 0.29) is 11.6 Å². The number of fused-ring (bicyclic) bond motifs is 3. The molecule has 154 valence electrons. The number of benzene rings is 1. The zero-order valence-electron chi connectivity index (χ0n) is 16.9. The average Bonchev–Trinajstić information content (AvgIpc) is 2.80. The molecule has 4 aromatic rings. The fourth-order valence-electron chi connectivity index (χ4n) is 4.37. The summed E-state index contributed by atoms with van der Waals surface area (Å²) in [7, 11) is 0. The summed E-state index contributed by atoms with van der Waals surface area (Å²) < 4.78 is 1.88. The number of aromatic nitrogens is 4. The van der Waals surface area contributed by atoms with Gasteiger partial charge in [0.05, 0.1) is 36.0 Å². The highest BCUT2D eigenvalue weighted by Crippen LogP contribution is 2.31. The number of likely N-dealkylation sites (tertiary alicyclic amines) is 1. The molecule has 8 nitrogen and oxygen atoms in total. The smallest absolute Gasteiger partial charge is 0.269 e. The van der Waals surface area contributed by atoms with Crippen LogP contribution >= 0.6 is 0 Å². The summed E-state index contributed by atoms with van der Waals surface area (Å²) in [5.74, 6) is 0.470. The Morgan fingerprint density at radius 3 is 2.52 bits per heavy atom. The van der Waals surface area contributed by atoms with Gasteiger partial charge in [-0.2, -0.15) is 5.26 Å². The van der Waals surface area contributed by atoms with E-state index in [1.165, 1.54) is 6.20 Å². The first kappa shape index (κ1) is 19.2. The zero-order valence-corrected chi connectivity index (χ0v) is 16.9. The van der Waals surface area contributed by atoms with E-state index in [1.807, 2.05) is 28.8 Å². The van der Waals surface area contributed by atoms with Crippen LogP contribution in [-0.4, -0.2) is 44.1 Å². The number of piperidine rings is 1. The summed E-state index contributed by atoms with van der Waals surface area (Å²) >= 11 is 0. The van der Waals surface area contributed by atoms with Crippen LogP contribution in [0.3, 0.4) is 0 Å². The summed E-state index contributed by atoms with van der Waals surface area (Å²) in [5.41, 5.74) is 9.84. The van der Waals surface area contributed by atoms with Crippen molar-refractivity contribution in [1.82, 2.24) is 24.4 Å². The van der Waals surface area contributed by atoms with Crippen LogP contribution in [-0.2, 0) is 0 Å². The van der Waals surface area contributed by atoms with Crippen LogP contribution in [0.15, 0.2) is 53.7 Å². The molecule has 4 heterocycles. The molecule has 1 aromatic carbocycles. The second kappa shape index (κ2) is 7.78. The molecule has 0 amide bonds. The first-order valence-electron chi connectivity index (χ1n) is 10.3. The van der Waals surface area contributed by atoms with Gasteiger partial charge in [-0.15, -0.1) is 0 Å². The molecule has 2 N–H and O–H groups in total. The zero-order chi connectivity index (χ0) is 21.4. The number of rotatable bonds is 3. The normalized spacial score (nSPS) is 15.3. The van der Waals surface area contributed by atoms with E-state index in [1.54, 1.807) is 18.5 Å². The fraction of sp³-hybridized carbons (Fsp3) is 0.261. The lowest BCUT2D eigenvalue weighted by atomic mass is 10.0. The van der Waals surface area contributed by atoms with E-state index in [4.69, 9.17) is 11.0 Å². The van der Waals surface area contributed by atoms with E-state index >= 15 is 0 Å². The first-order valence-corrected chi connectivity index (χ1v) is 10.3.